The lowest BCUT2D eigenvalue weighted by molar-refractivity contribution is -0.0361. The summed E-state index contributed by atoms with van der Waals surface area (Å²) in [7, 11) is 0. The fourth-order valence-electron chi connectivity index (χ4n) is 1.76. The monoisotopic (exact) mass is 250 g/mol. The second-order valence-electron chi connectivity index (χ2n) is 4.13. The highest BCUT2D eigenvalue weighted by molar-refractivity contribution is 5.32. The molecule has 18 heavy (non-hydrogen) atoms. The number of hydrogen-bond acceptors (Lipinski definition) is 4. The van der Waals surface area contributed by atoms with E-state index < -0.39 is 5.82 Å². The molecule has 1 aliphatic heterocycles. The van der Waals surface area contributed by atoms with Gasteiger partial charge in [-0.3, -0.25) is 0 Å². The van der Waals surface area contributed by atoms with Gasteiger partial charge in [0.25, 0.3) is 0 Å². The van der Waals surface area contributed by atoms with Crippen LogP contribution in [0.1, 0.15) is 11.1 Å². The van der Waals surface area contributed by atoms with Crippen molar-refractivity contribution in [1.29, 1.82) is 5.26 Å². The van der Waals surface area contributed by atoms with Crippen LogP contribution in [-0.4, -0.2) is 32.4 Å². The lowest BCUT2D eigenvalue weighted by Crippen LogP contribution is -2.40. The first-order valence-corrected chi connectivity index (χ1v) is 5.88. The third-order valence-corrected chi connectivity index (χ3v) is 2.75. The van der Waals surface area contributed by atoms with Gasteiger partial charge in [-0.15, -0.1) is 0 Å². The van der Waals surface area contributed by atoms with Gasteiger partial charge >= 0.3 is 0 Å². The fourth-order valence-corrected chi connectivity index (χ4v) is 1.76. The van der Waals surface area contributed by atoms with E-state index in [1.165, 1.54) is 6.07 Å². The van der Waals surface area contributed by atoms with Crippen molar-refractivity contribution in [3.63, 3.8) is 0 Å². The molecule has 0 aliphatic carbocycles. The average Bonchev–Trinajstić information content (AvgIpc) is 2.42. The SMILES string of the molecule is N#Cc1ccc(COCC2CNCCO2)c(F)c1. The van der Waals surface area contributed by atoms with E-state index in [9.17, 15) is 4.39 Å². The van der Waals surface area contributed by atoms with Crippen LogP contribution in [0, 0.1) is 17.1 Å². The quantitative estimate of drug-likeness (QED) is 0.872. The Balaban J connectivity index is 1.81. The normalized spacial score (nSPS) is 19.4. The highest BCUT2D eigenvalue weighted by Crippen LogP contribution is 2.11. The molecular formula is C13H15FN2O2. The van der Waals surface area contributed by atoms with E-state index in [4.69, 9.17) is 14.7 Å². The molecule has 0 saturated carbocycles. The molecule has 1 heterocycles. The molecule has 0 radical (unpaired) electrons. The highest BCUT2D eigenvalue weighted by atomic mass is 19.1. The first kappa shape index (κ1) is 13.0. The Hall–Kier alpha value is -1.48. The molecular weight excluding hydrogens is 235 g/mol. The zero-order valence-corrected chi connectivity index (χ0v) is 9.99. The standard InChI is InChI=1S/C13H15FN2O2/c14-13-5-10(6-15)1-2-11(13)8-17-9-12-7-16-3-4-18-12/h1-2,5,12,16H,3-4,7-9H2. The number of ether oxygens (including phenoxy) is 2. The molecule has 2 rings (SSSR count). The second kappa shape index (κ2) is 6.45. The van der Waals surface area contributed by atoms with Crippen LogP contribution < -0.4 is 5.32 Å². The van der Waals surface area contributed by atoms with Gasteiger partial charge in [0.05, 0.1) is 37.6 Å². The summed E-state index contributed by atoms with van der Waals surface area (Å²) >= 11 is 0. The number of rotatable bonds is 4. The van der Waals surface area contributed by atoms with Crippen molar-refractivity contribution in [2.75, 3.05) is 26.3 Å². The summed E-state index contributed by atoms with van der Waals surface area (Å²) in [4.78, 5) is 0. The molecule has 0 spiro atoms. The molecule has 0 bridgehead atoms. The van der Waals surface area contributed by atoms with E-state index in [0.717, 1.165) is 13.1 Å². The van der Waals surface area contributed by atoms with Gasteiger partial charge < -0.3 is 14.8 Å². The summed E-state index contributed by atoms with van der Waals surface area (Å²) in [6.07, 6.45) is 0.0280. The number of nitrogens with one attached hydrogen (secondary N) is 1. The fraction of sp³-hybridized carbons (Fsp3) is 0.462. The summed E-state index contributed by atoms with van der Waals surface area (Å²) in [6, 6.07) is 6.27. The molecule has 1 unspecified atom stereocenters. The van der Waals surface area contributed by atoms with Gasteiger partial charge in [0.1, 0.15) is 5.82 Å². The van der Waals surface area contributed by atoms with Gasteiger partial charge in [-0.2, -0.15) is 5.26 Å². The van der Waals surface area contributed by atoms with Crippen LogP contribution in [0.15, 0.2) is 18.2 Å². The van der Waals surface area contributed by atoms with Crippen molar-refractivity contribution in [1.82, 2.24) is 5.32 Å². The van der Waals surface area contributed by atoms with Crippen molar-refractivity contribution in [3.8, 4) is 6.07 Å². The number of nitriles is 1. The van der Waals surface area contributed by atoms with Gasteiger partial charge in [-0.25, -0.2) is 4.39 Å². The number of benzene rings is 1. The topological polar surface area (TPSA) is 54.3 Å². The number of morpholine rings is 1. The predicted octanol–water partition coefficient (Wildman–Crippen LogP) is 1.20. The number of hydrogen-bond donors (Lipinski definition) is 1. The predicted molar refractivity (Wildman–Crippen MR) is 63.4 cm³/mol. The Kier molecular flexibility index (Phi) is 4.65. The average molecular weight is 250 g/mol. The lowest BCUT2D eigenvalue weighted by Gasteiger charge is -2.23. The molecule has 1 saturated heterocycles. The first-order chi connectivity index (χ1) is 8.79. The molecule has 1 atom stereocenters. The van der Waals surface area contributed by atoms with Crippen LogP contribution in [0.4, 0.5) is 4.39 Å². The Morgan fingerprint density at radius 3 is 3.11 bits per heavy atom. The summed E-state index contributed by atoms with van der Waals surface area (Å²) in [5.41, 5.74) is 0.772. The van der Waals surface area contributed by atoms with E-state index in [0.29, 0.717) is 24.3 Å². The molecule has 1 N–H and O–H groups in total. The molecule has 0 aromatic heterocycles. The molecule has 1 aliphatic rings. The van der Waals surface area contributed by atoms with Crippen molar-refractivity contribution in [3.05, 3.63) is 35.1 Å². The zero-order chi connectivity index (χ0) is 12.8. The van der Waals surface area contributed by atoms with Gasteiger partial charge in [0.2, 0.25) is 0 Å². The minimum Gasteiger partial charge on any atom is -0.374 e. The van der Waals surface area contributed by atoms with E-state index in [1.807, 2.05) is 6.07 Å². The summed E-state index contributed by atoms with van der Waals surface area (Å²) in [5.74, 6) is -0.406. The van der Waals surface area contributed by atoms with E-state index in [-0.39, 0.29) is 12.7 Å². The largest absolute Gasteiger partial charge is 0.374 e. The molecule has 1 fully saturated rings. The van der Waals surface area contributed by atoms with Crippen molar-refractivity contribution in [2.24, 2.45) is 0 Å². The maximum absolute atomic E-state index is 13.5. The molecule has 5 heteroatoms. The highest BCUT2D eigenvalue weighted by Gasteiger charge is 2.13. The minimum atomic E-state index is -0.406. The summed E-state index contributed by atoms with van der Waals surface area (Å²) in [6.45, 7) is 2.93. The van der Waals surface area contributed by atoms with Crippen LogP contribution in [0.3, 0.4) is 0 Å². The second-order valence-corrected chi connectivity index (χ2v) is 4.13. The molecule has 1 aromatic rings. The van der Waals surface area contributed by atoms with Crippen LogP contribution in [0.2, 0.25) is 0 Å². The van der Waals surface area contributed by atoms with Crippen LogP contribution in [0.5, 0.6) is 0 Å². The lowest BCUT2D eigenvalue weighted by atomic mass is 10.1. The van der Waals surface area contributed by atoms with E-state index in [2.05, 4.69) is 5.32 Å². The Labute approximate surface area is 105 Å². The van der Waals surface area contributed by atoms with Crippen LogP contribution in [-0.2, 0) is 16.1 Å². The molecule has 96 valence electrons. The van der Waals surface area contributed by atoms with Crippen molar-refractivity contribution in [2.45, 2.75) is 12.7 Å². The van der Waals surface area contributed by atoms with E-state index >= 15 is 0 Å². The Morgan fingerprint density at radius 2 is 2.44 bits per heavy atom. The maximum atomic E-state index is 13.5. The van der Waals surface area contributed by atoms with Gasteiger partial charge in [-0.05, 0) is 12.1 Å². The smallest absolute Gasteiger partial charge is 0.130 e. The van der Waals surface area contributed by atoms with Crippen molar-refractivity contribution < 1.29 is 13.9 Å². The van der Waals surface area contributed by atoms with Crippen LogP contribution >= 0.6 is 0 Å². The van der Waals surface area contributed by atoms with Gasteiger partial charge in [0, 0.05) is 18.7 Å². The number of nitrogens with zero attached hydrogens (tertiary/aromatic N) is 1. The maximum Gasteiger partial charge on any atom is 0.130 e. The zero-order valence-electron chi connectivity index (χ0n) is 9.99. The molecule has 0 amide bonds. The van der Waals surface area contributed by atoms with E-state index in [1.54, 1.807) is 12.1 Å². The third-order valence-electron chi connectivity index (χ3n) is 2.75. The summed E-state index contributed by atoms with van der Waals surface area (Å²) < 4.78 is 24.4. The van der Waals surface area contributed by atoms with Crippen LogP contribution in [0.25, 0.3) is 0 Å². The molecule has 1 aromatic carbocycles. The third kappa shape index (κ3) is 3.50. The number of halogens is 1. The molecule has 4 nitrogen and oxygen atoms in total. The minimum absolute atomic E-state index is 0.0280. The Bertz CT molecular complexity index is 439. The first-order valence-electron chi connectivity index (χ1n) is 5.88. The Morgan fingerprint density at radius 1 is 1.56 bits per heavy atom. The van der Waals surface area contributed by atoms with Gasteiger partial charge in [-0.1, -0.05) is 6.07 Å². The van der Waals surface area contributed by atoms with Gasteiger partial charge in [0.15, 0.2) is 0 Å². The summed E-state index contributed by atoms with van der Waals surface area (Å²) in [5, 5.41) is 11.8. The van der Waals surface area contributed by atoms with Crippen molar-refractivity contribution >= 4 is 0 Å².